The van der Waals surface area contributed by atoms with Crippen LogP contribution in [0.1, 0.15) is 30.1 Å². The number of rotatable bonds is 2. The van der Waals surface area contributed by atoms with Crippen LogP contribution >= 0.6 is 0 Å². The van der Waals surface area contributed by atoms with E-state index in [1.165, 1.54) is 6.92 Å². The highest BCUT2D eigenvalue weighted by Crippen LogP contribution is 2.37. The molecule has 0 spiro atoms. The van der Waals surface area contributed by atoms with Crippen molar-refractivity contribution in [2.45, 2.75) is 25.8 Å². The van der Waals surface area contributed by atoms with E-state index in [1.807, 2.05) is 4.90 Å². The molecular formula is C16H21N3O2. The zero-order valence-electron chi connectivity index (χ0n) is 12.2. The zero-order valence-corrected chi connectivity index (χ0v) is 12.2. The van der Waals surface area contributed by atoms with E-state index < -0.39 is 0 Å². The lowest BCUT2D eigenvalue weighted by molar-refractivity contribution is -0.114. The molecular weight excluding hydrogens is 266 g/mol. The molecule has 5 nitrogen and oxygen atoms in total. The van der Waals surface area contributed by atoms with Gasteiger partial charge >= 0.3 is 0 Å². The number of benzene rings is 1. The van der Waals surface area contributed by atoms with Gasteiger partial charge < -0.3 is 16.0 Å². The van der Waals surface area contributed by atoms with E-state index >= 15 is 0 Å². The SMILES string of the molecule is CC(=O)Nc1ccc(C(=O)N2CC3CCC(N)C3C2)cc1. The van der Waals surface area contributed by atoms with Crippen molar-refractivity contribution in [2.24, 2.45) is 17.6 Å². The Hall–Kier alpha value is -1.88. The van der Waals surface area contributed by atoms with E-state index in [4.69, 9.17) is 5.73 Å². The monoisotopic (exact) mass is 287 g/mol. The molecule has 0 radical (unpaired) electrons. The van der Waals surface area contributed by atoms with Gasteiger partial charge in [0.1, 0.15) is 0 Å². The summed E-state index contributed by atoms with van der Waals surface area (Å²) < 4.78 is 0. The molecule has 2 amide bonds. The summed E-state index contributed by atoms with van der Waals surface area (Å²) in [5, 5.41) is 2.70. The van der Waals surface area contributed by atoms with Crippen molar-refractivity contribution >= 4 is 17.5 Å². The minimum Gasteiger partial charge on any atom is -0.338 e. The third-order valence-electron chi connectivity index (χ3n) is 4.65. The van der Waals surface area contributed by atoms with Gasteiger partial charge in [-0.25, -0.2) is 0 Å². The van der Waals surface area contributed by atoms with Crippen LogP contribution in [0.3, 0.4) is 0 Å². The molecule has 0 bridgehead atoms. The van der Waals surface area contributed by atoms with Crippen LogP contribution in [0, 0.1) is 11.8 Å². The number of nitrogens with two attached hydrogens (primary N) is 1. The lowest BCUT2D eigenvalue weighted by atomic mass is 9.98. The van der Waals surface area contributed by atoms with Gasteiger partial charge in [0.05, 0.1) is 0 Å². The Bertz CT molecular complexity index is 555. The molecule has 21 heavy (non-hydrogen) atoms. The van der Waals surface area contributed by atoms with Crippen LogP contribution < -0.4 is 11.1 Å². The number of hydrogen-bond acceptors (Lipinski definition) is 3. The van der Waals surface area contributed by atoms with Crippen molar-refractivity contribution in [3.8, 4) is 0 Å². The highest BCUT2D eigenvalue weighted by molar-refractivity contribution is 5.95. The van der Waals surface area contributed by atoms with E-state index in [-0.39, 0.29) is 17.9 Å². The van der Waals surface area contributed by atoms with Crippen LogP contribution in [0.15, 0.2) is 24.3 Å². The average molecular weight is 287 g/mol. The predicted octanol–water partition coefficient (Wildman–Crippen LogP) is 1.45. The van der Waals surface area contributed by atoms with Gasteiger partial charge in [0.25, 0.3) is 5.91 Å². The molecule has 1 saturated carbocycles. The zero-order chi connectivity index (χ0) is 15.0. The molecule has 1 aromatic rings. The summed E-state index contributed by atoms with van der Waals surface area (Å²) >= 11 is 0. The maximum Gasteiger partial charge on any atom is 0.253 e. The molecule has 2 aliphatic rings. The molecule has 1 saturated heterocycles. The number of likely N-dealkylation sites (tertiary alicyclic amines) is 1. The normalized spacial score (nSPS) is 27.5. The van der Waals surface area contributed by atoms with Crippen molar-refractivity contribution < 1.29 is 9.59 Å². The summed E-state index contributed by atoms with van der Waals surface area (Å²) in [7, 11) is 0. The third-order valence-corrected chi connectivity index (χ3v) is 4.65. The first-order chi connectivity index (χ1) is 10.0. The van der Waals surface area contributed by atoms with Crippen LogP contribution in [0.25, 0.3) is 0 Å². The van der Waals surface area contributed by atoms with E-state index in [2.05, 4.69) is 5.32 Å². The van der Waals surface area contributed by atoms with E-state index in [9.17, 15) is 9.59 Å². The molecule has 1 aliphatic heterocycles. The van der Waals surface area contributed by atoms with E-state index in [0.29, 0.717) is 23.1 Å². The molecule has 3 rings (SSSR count). The lowest BCUT2D eigenvalue weighted by Crippen LogP contribution is -2.33. The van der Waals surface area contributed by atoms with Gasteiger partial charge in [0, 0.05) is 37.3 Å². The minimum atomic E-state index is -0.115. The summed E-state index contributed by atoms with van der Waals surface area (Å²) in [5.74, 6) is 0.983. The number of amides is 2. The predicted molar refractivity (Wildman–Crippen MR) is 80.8 cm³/mol. The largest absolute Gasteiger partial charge is 0.338 e. The number of fused-ring (bicyclic) bond motifs is 1. The van der Waals surface area contributed by atoms with Crippen LogP contribution in [0.5, 0.6) is 0 Å². The number of carbonyl (C=O) groups is 2. The highest BCUT2D eigenvalue weighted by atomic mass is 16.2. The number of nitrogens with one attached hydrogen (secondary N) is 1. The standard InChI is InChI=1S/C16H21N3O2/c1-10(20)18-13-5-2-11(3-6-13)16(21)19-8-12-4-7-15(17)14(12)9-19/h2-3,5-6,12,14-15H,4,7-9,17H2,1H3,(H,18,20). The third kappa shape index (κ3) is 2.78. The molecule has 3 N–H and O–H groups in total. The van der Waals surface area contributed by atoms with Gasteiger partial charge in [-0.15, -0.1) is 0 Å². The van der Waals surface area contributed by atoms with Crippen molar-refractivity contribution in [3.05, 3.63) is 29.8 Å². The number of nitrogens with zero attached hydrogens (tertiary/aromatic N) is 1. The summed E-state index contributed by atoms with van der Waals surface area (Å²) in [6.45, 7) is 3.06. The quantitative estimate of drug-likeness (QED) is 0.864. The first kappa shape index (κ1) is 14.1. The lowest BCUT2D eigenvalue weighted by Gasteiger charge is -2.19. The van der Waals surface area contributed by atoms with Crippen LogP contribution in [-0.4, -0.2) is 35.8 Å². The molecule has 3 atom stereocenters. The first-order valence-corrected chi connectivity index (χ1v) is 7.47. The molecule has 1 heterocycles. The topological polar surface area (TPSA) is 75.4 Å². The Morgan fingerprint density at radius 3 is 2.52 bits per heavy atom. The molecule has 112 valence electrons. The maximum atomic E-state index is 12.5. The fourth-order valence-electron chi connectivity index (χ4n) is 3.56. The number of hydrogen-bond donors (Lipinski definition) is 2. The Labute approximate surface area is 124 Å². The average Bonchev–Trinajstić information content (AvgIpc) is 3.01. The summed E-state index contributed by atoms with van der Waals surface area (Å²) in [5.41, 5.74) is 7.48. The Morgan fingerprint density at radius 1 is 1.19 bits per heavy atom. The summed E-state index contributed by atoms with van der Waals surface area (Å²) in [4.78, 5) is 25.4. The maximum absolute atomic E-state index is 12.5. The molecule has 1 aliphatic carbocycles. The van der Waals surface area contributed by atoms with Crippen LogP contribution in [0.4, 0.5) is 5.69 Å². The minimum absolute atomic E-state index is 0.0611. The van der Waals surface area contributed by atoms with E-state index in [1.54, 1.807) is 24.3 Å². The Kier molecular flexibility index (Phi) is 3.68. The molecule has 5 heteroatoms. The van der Waals surface area contributed by atoms with Crippen LogP contribution in [-0.2, 0) is 4.79 Å². The van der Waals surface area contributed by atoms with Gasteiger partial charge in [0.15, 0.2) is 0 Å². The van der Waals surface area contributed by atoms with Crippen molar-refractivity contribution in [3.63, 3.8) is 0 Å². The molecule has 3 unspecified atom stereocenters. The van der Waals surface area contributed by atoms with Crippen molar-refractivity contribution in [1.29, 1.82) is 0 Å². The van der Waals surface area contributed by atoms with Gasteiger partial charge in [0.2, 0.25) is 5.91 Å². The Balaban J connectivity index is 1.67. The molecule has 1 aromatic carbocycles. The van der Waals surface area contributed by atoms with Crippen molar-refractivity contribution in [1.82, 2.24) is 4.90 Å². The highest BCUT2D eigenvalue weighted by Gasteiger charge is 2.42. The number of anilines is 1. The number of carbonyl (C=O) groups excluding carboxylic acids is 2. The smallest absolute Gasteiger partial charge is 0.253 e. The van der Waals surface area contributed by atoms with Gasteiger partial charge in [-0.1, -0.05) is 0 Å². The second kappa shape index (κ2) is 5.48. The Morgan fingerprint density at radius 2 is 1.90 bits per heavy atom. The summed E-state index contributed by atoms with van der Waals surface area (Å²) in [6.07, 6.45) is 2.22. The second-order valence-corrected chi connectivity index (χ2v) is 6.13. The molecule has 2 fully saturated rings. The van der Waals surface area contributed by atoms with Gasteiger partial charge in [-0.2, -0.15) is 0 Å². The van der Waals surface area contributed by atoms with Crippen molar-refractivity contribution in [2.75, 3.05) is 18.4 Å². The van der Waals surface area contributed by atoms with E-state index in [0.717, 1.165) is 25.9 Å². The van der Waals surface area contributed by atoms with Gasteiger partial charge in [-0.3, -0.25) is 9.59 Å². The fraction of sp³-hybridized carbons (Fsp3) is 0.500. The van der Waals surface area contributed by atoms with Crippen LogP contribution in [0.2, 0.25) is 0 Å². The first-order valence-electron chi connectivity index (χ1n) is 7.47. The van der Waals surface area contributed by atoms with Gasteiger partial charge in [-0.05, 0) is 48.9 Å². The second-order valence-electron chi connectivity index (χ2n) is 6.13. The summed E-state index contributed by atoms with van der Waals surface area (Å²) in [6, 6.07) is 7.30. The fourth-order valence-corrected chi connectivity index (χ4v) is 3.56. The molecule has 0 aromatic heterocycles.